The van der Waals surface area contributed by atoms with E-state index in [1.165, 1.54) is 12.1 Å². The summed E-state index contributed by atoms with van der Waals surface area (Å²) in [5, 5.41) is 10.9. The third kappa shape index (κ3) is 6.69. The van der Waals surface area contributed by atoms with Crippen molar-refractivity contribution in [2.45, 2.75) is 70.2 Å². The van der Waals surface area contributed by atoms with Gasteiger partial charge in [0.2, 0.25) is 0 Å². The molecule has 0 saturated carbocycles. The predicted molar refractivity (Wildman–Crippen MR) is 128 cm³/mol. The molecule has 2 heterocycles. The van der Waals surface area contributed by atoms with Gasteiger partial charge in [-0.2, -0.15) is 11.8 Å². The van der Waals surface area contributed by atoms with Gasteiger partial charge >= 0.3 is 6.09 Å². The molecule has 2 saturated heterocycles. The largest absolute Gasteiger partial charge is 0.445 e. The van der Waals surface area contributed by atoms with Crippen LogP contribution in [0.4, 0.5) is 10.5 Å². The number of carbonyl (C=O) groups is 1. The molecule has 2 aliphatic heterocycles. The molecule has 2 fully saturated rings. The summed E-state index contributed by atoms with van der Waals surface area (Å²) in [4.78, 5) is 25.1. The molecule has 1 aromatic rings. The van der Waals surface area contributed by atoms with Gasteiger partial charge in [0.25, 0.3) is 5.69 Å². The summed E-state index contributed by atoms with van der Waals surface area (Å²) >= 11 is 1.80. The van der Waals surface area contributed by atoms with E-state index in [9.17, 15) is 14.9 Å². The SMILES string of the molecule is CC(C)(C)[Si](C)(C)O[C@@H]1C[C@@H](CSCC2CO2)N(C(=O)OCc2ccc([N+](=O)[O-])cc2)C1. The molecule has 0 N–H and O–H groups in total. The van der Waals surface area contributed by atoms with Crippen LogP contribution in [0.5, 0.6) is 0 Å². The molecule has 0 bridgehead atoms. The zero-order chi connectivity index (χ0) is 23.5. The topological polar surface area (TPSA) is 94.4 Å². The molecule has 10 heteroatoms. The van der Waals surface area contributed by atoms with E-state index >= 15 is 0 Å². The molecule has 1 aromatic carbocycles. The van der Waals surface area contributed by atoms with Crippen molar-refractivity contribution in [1.29, 1.82) is 0 Å². The lowest BCUT2D eigenvalue weighted by atomic mass is 10.2. The molecule has 0 spiro atoms. The van der Waals surface area contributed by atoms with Crippen LogP contribution in [0.25, 0.3) is 0 Å². The molecule has 178 valence electrons. The lowest BCUT2D eigenvalue weighted by molar-refractivity contribution is -0.384. The molecule has 3 rings (SSSR count). The van der Waals surface area contributed by atoms with Crippen LogP contribution in [0, 0.1) is 10.1 Å². The number of nitrogens with zero attached hydrogens (tertiary/aromatic N) is 2. The number of hydrogen-bond acceptors (Lipinski definition) is 7. The Kier molecular flexibility index (Phi) is 7.90. The summed E-state index contributed by atoms with van der Waals surface area (Å²) < 4.78 is 17.5. The van der Waals surface area contributed by atoms with Crippen molar-refractivity contribution in [2.75, 3.05) is 24.7 Å². The number of thioether (sulfide) groups is 1. The van der Waals surface area contributed by atoms with E-state index in [-0.39, 0.29) is 35.6 Å². The highest BCUT2D eigenvalue weighted by Gasteiger charge is 2.44. The van der Waals surface area contributed by atoms with Crippen molar-refractivity contribution in [2.24, 2.45) is 0 Å². The Morgan fingerprint density at radius 3 is 2.50 bits per heavy atom. The van der Waals surface area contributed by atoms with Gasteiger partial charge in [-0.15, -0.1) is 0 Å². The predicted octanol–water partition coefficient (Wildman–Crippen LogP) is 4.83. The van der Waals surface area contributed by atoms with Crippen molar-refractivity contribution in [3.05, 3.63) is 39.9 Å². The number of amides is 1. The molecule has 0 radical (unpaired) electrons. The van der Waals surface area contributed by atoms with Crippen LogP contribution in [-0.4, -0.2) is 67.1 Å². The maximum absolute atomic E-state index is 12.9. The van der Waals surface area contributed by atoms with Crippen molar-refractivity contribution < 1.29 is 23.6 Å². The van der Waals surface area contributed by atoms with Gasteiger partial charge in [0, 0.05) is 36.2 Å². The number of epoxide rings is 1. The van der Waals surface area contributed by atoms with Gasteiger partial charge < -0.3 is 18.8 Å². The number of nitro groups is 1. The van der Waals surface area contributed by atoms with Gasteiger partial charge in [-0.3, -0.25) is 10.1 Å². The van der Waals surface area contributed by atoms with Crippen molar-refractivity contribution in [3.63, 3.8) is 0 Å². The average molecular weight is 483 g/mol. The number of likely N-dealkylation sites (tertiary alicyclic amines) is 1. The van der Waals surface area contributed by atoms with E-state index in [1.807, 2.05) is 0 Å². The van der Waals surface area contributed by atoms with Crippen molar-refractivity contribution >= 4 is 31.9 Å². The first kappa shape index (κ1) is 25.0. The Morgan fingerprint density at radius 2 is 1.94 bits per heavy atom. The lowest BCUT2D eigenvalue weighted by Crippen LogP contribution is -2.44. The second kappa shape index (κ2) is 10.1. The van der Waals surface area contributed by atoms with Crippen LogP contribution in [-0.2, 0) is 20.5 Å². The van der Waals surface area contributed by atoms with Crippen LogP contribution in [0.2, 0.25) is 18.1 Å². The molecule has 2 aliphatic rings. The average Bonchev–Trinajstić information content (AvgIpc) is 3.45. The first-order valence-corrected chi connectivity index (χ1v) is 15.1. The summed E-state index contributed by atoms with van der Waals surface area (Å²) in [7, 11) is -1.95. The maximum atomic E-state index is 12.9. The van der Waals surface area contributed by atoms with Crippen LogP contribution in [0.1, 0.15) is 32.8 Å². The number of rotatable bonds is 9. The smallest absolute Gasteiger partial charge is 0.410 e. The first-order valence-electron chi connectivity index (χ1n) is 11.0. The minimum absolute atomic E-state index is 0.00518. The van der Waals surface area contributed by atoms with E-state index in [0.29, 0.717) is 18.2 Å². The van der Waals surface area contributed by atoms with Crippen molar-refractivity contribution in [1.82, 2.24) is 4.90 Å². The lowest BCUT2D eigenvalue weighted by Gasteiger charge is -2.38. The van der Waals surface area contributed by atoms with Crippen LogP contribution >= 0.6 is 11.8 Å². The van der Waals surface area contributed by atoms with Gasteiger partial charge in [-0.05, 0) is 42.2 Å². The number of ether oxygens (including phenoxy) is 2. The van der Waals surface area contributed by atoms with E-state index in [4.69, 9.17) is 13.9 Å². The number of carbonyl (C=O) groups excluding carboxylic acids is 1. The first-order chi connectivity index (χ1) is 15.0. The third-order valence-corrected chi connectivity index (χ3v) is 12.2. The molecular formula is C22H34N2O6SSi. The molecule has 0 aliphatic carbocycles. The van der Waals surface area contributed by atoms with E-state index in [2.05, 4.69) is 33.9 Å². The van der Waals surface area contributed by atoms with E-state index in [0.717, 1.165) is 24.5 Å². The summed E-state index contributed by atoms with van der Waals surface area (Å²) in [5.41, 5.74) is 0.732. The molecule has 0 aromatic heterocycles. The van der Waals surface area contributed by atoms with Crippen LogP contribution in [0.15, 0.2) is 24.3 Å². The normalized spacial score (nSPS) is 23.3. The maximum Gasteiger partial charge on any atom is 0.410 e. The Morgan fingerprint density at radius 1 is 1.28 bits per heavy atom. The number of non-ortho nitro benzene ring substituents is 1. The molecule has 1 unspecified atom stereocenters. The molecular weight excluding hydrogens is 448 g/mol. The Bertz CT molecular complexity index is 810. The fourth-order valence-corrected chi connectivity index (χ4v) is 5.91. The van der Waals surface area contributed by atoms with E-state index in [1.54, 1.807) is 28.8 Å². The third-order valence-electron chi connectivity index (χ3n) is 6.40. The van der Waals surface area contributed by atoms with Gasteiger partial charge in [0.05, 0.1) is 23.7 Å². The number of hydrogen-bond donors (Lipinski definition) is 0. The minimum Gasteiger partial charge on any atom is -0.445 e. The van der Waals surface area contributed by atoms with Gasteiger partial charge in [0.15, 0.2) is 8.32 Å². The number of nitro benzene ring substituents is 1. The molecule has 3 atom stereocenters. The zero-order valence-electron chi connectivity index (χ0n) is 19.5. The summed E-state index contributed by atoms with van der Waals surface area (Å²) in [6.07, 6.45) is 0.796. The fraction of sp³-hybridized carbons (Fsp3) is 0.682. The van der Waals surface area contributed by atoms with Crippen LogP contribution < -0.4 is 0 Å². The fourth-order valence-electron chi connectivity index (χ4n) is 3.38. The molecule has 1 amide bonds. The minimum atomic E-state index is -1.95. The van der Waals surface area contributed by atoms with Gasteiger partial charge in [-0.1, -0.05) is 20.8 Å². The summed E-state index contributed by atoms with van der Waals surface area (Å²) in [6, 6.07) is 6.12. The Balaban J connectivity index is 1.60. The monoisotopic (exact) mass is 482 g/mol. The van der Waals surface area contributed by atoms with Crippen molar-refractivity contribution in [3.8, 4) is 0 Å². The zero-order valence-corrected chi connectivity index (χ0v) is 21.4. The Hall–Kier alpha value is -1.62. The van der Waals surface area contributed by atoms with Crippen LogP contribution in [0.3, 0.4) is 0 Å². The highest BCUT2D eigenvalue weighted by molar-refractivity contribution is 7.99. The molecule has 8 nitrogen and oxygen atoms in total. The Labute approximate surface area is 195 Å². The second-order valence-corrected chi connectivity index (χ2v) is 15.8. The molecule has 32 heavy (non-hydrogen) atoms. The summed E-state index contributed by atoms with van der Waals surface area (Å²) in [5.74, 6) is 1.76. The quantitative estimate of drug-likeness (QED) is 0.215. The number of benzene rings is 1. The van der Waals surface area contributed by atoms with E-state index < -0.39 is 13.2 Å². The summed E-state index contributed by atoms with van der Waals surface area (Å²) in [6.45, 7) is 12.5. The second-order valence-electron chi connectivity index (χ2n) is 10.0. The van der Waals surface area contributed by atoms with Gasteiger partial charge in [0.1, 0.15) is 6.61 Å². The van der Waals surface area contributed by atoms with Gasteiger partial charge in [-0.25, -0.2) is 4.79 Å². The highest BCUT2D eigenvalue weighted by Crippen LogP contribution is 2.39. The standard InChI is InChI=1S/C22H34N2O6SSi/c1-22(2,3)32(4,5)30-19-10-18(14-31-15-20-13-28-20)23(11-19)21(25)29-12-16-6-8-17(9-7-16)24(26)27/h6-9,18-20H,10-15H2,1-5H3/t18-,19+,20?/m0/s1. The highest BCUT2D eigenvalue weighted by atomic mass is 32.2.